The Hall–Kier alpha value is -2.49. The molecule has 0 aliphatic heterocycles. The molecule has 2 aromatic rings. The van der Waals surface area contributed by atoms with Gasteiger partial charge in [-0.2, -0.15) is 0 Å². The number of aromatic hydroxyl groups is 1. The first-order valence-corrected chi connectivity index (χ1v) is 5.87. The molecule has 1 N–H and O–H groups in total. The summed E-state index contributed by atoms with van der Waals surface area (Å²) in [6.07, 6.45) is -0.691. The van der Waals surface area contributed by atoms with Gasteiger partial charge in [-0.15, -0.1) is 0 Å². The number of hydrogen-bond donors (Lipinski definition) is 1. The Bertz CT molecular complexity index is 534. The van der Waals surface area contributed by atoms with Crippen LogP contribution < -0.4 is 4.74 Å². The van der Waals surface area contributed by atoms with Crippen LogP contribution in [0.1, 0.15) is 17.3 Å². The van der Waals surface area contributed by atoms with Gasteiger partial charge in [-0.25, -0.2) is 4.79 Å². The zero-order chi connectivity index (χ0) is 13.7. The van der Waals surface area contributed by atoms with Crippen molar-refractivity contribution in [2.75, 3.05) is 0 Å². The Morgan fingerprint density at radius 3 is 2.32 bits per heavy atom. The minimum Gasteiger partial charge on any atom is -0.508 e. The third-order valence-corrected chi connectivity index (χ3v) is 2.42. The Morgan fingerprint density at radius 2 is 1.68 bits per heavy atom. The number of carbonyl (C=O) groups is 1. The molecule has 0 aliphatic rings. The molecule has 1 atom stereocenters. The Labute approximate surface area is 111 Å². The second-order valence-electron chi connectivity index (χ2n) is 3.95. The van der Waals surface area contributed by atoms with Crippen molar-refractivity contribution in [3.63, 3.8) is 0 Å². The van der Waals surface area contributed by atoms with E-state index >= 15 is 0 Å². The van der Waals surface area contributed by atoms with Crippen molar-refractivity contribution >= 4 is 5.97 Å². The van der Waals surface area contributed by atoms with E-state index in [1.54, 1.807) is 19.1 Å². The Morgan fingerprint density at radius 1 is 1.05 bits per heavy atom. The second kappa shape index (κ2) is 5.91. The van der Waals surface area contributed by atoms with Gasteiger partial charge >= 0.3 is 5.97 Å². The lowest BCUT2D eigenvalue weighted by atomic mass is 10.2. The van der Waals surface area contributed by atoms with E-state index in [-0.39, 0.29) is 5.75 Å². The van der Waals surface area contributed by atoms with Crippen molar-refractivity contribution in [1.29, 1.82) is 0 Å². The molecule has 0 heterocycles. The fourth-order valence-corrected chi connectivity index (χ4v) is 1.53. The van der Waals surface area contributed by atoms with Crippen molar-refractivity contribution in [3.8, 4) is 11.5 Å². The maximum absolute atomic E-state index is 11.8. The Kier molecular flexibility index (Phi) is 4.03. The summed E-state index contributed by atoms with van der Waals surface area (Å²) in [5.74, 6) is 0.238. The second-order valence-corrected chi connectivity index (χ2v) is 3.95. The van der Waals surface area contributed by atoms with E-state index < -0.39 is 12.3 Å². The van der Waals surface area contributed by atoms with E-state index in [1.807, 2.05) is 18.2 Å². The van der Waals surface area contributed by atoms with E-state index in [0.717, 1.165) is 0 Å². The lowest BCUT2D eigenvalue weighted by molar-refractivity contribution is -0.0371. The highest BCUT2D eigenvalue weighted by atomic mass is 16.7. The quantitative estimate of drug-likeness (QED) is 0.676. The average Bonchev–Trinajstić information content (AvgIpc) is 2.40. The highest BCUT2D eigenvalue weighted by Gasteiger charge is 2.12. The zero-order valence-corrected chi connectivity index (χ0v) is 10.4. The number of hydrogen-bond acceptors (Lipinski definition) is 4. The summed E-state index contributed by atoms with van der Waals surface area (Å²) in [6, 6.07) is 15.0. The van der Waals surface area contributed by atoms with Crippen LogP contribution in [0.4, 0.5) is 0 Å². The highest BCUT2D eigenvalue weighted by Crippen LogP contribution is 2.14. The van der Waals surface area contributed by atoms with Gasteiger partial charge in [0.25, 0.3) is 0 Å². The monoisotopic (exact) mass is 258 g/mol. The van der Waals surface area contributed by atoms with E-state index in [0.29, 0.717) is 11.3 Å². The van der Waals surface area contributed by atoms with Gasteiger partial charge in [-0.3, -0.25) is 0 Å². The summed E-state index contributed by atoms with van der Waals surface area (Å²) in [5, 5.41) is 9.14. The van der Waals surface area contributed by atoms with Gasteiger partial charge in [0.1, 0.15) is 11.5 Å². The summed E-state index contributed by atoms with van der Waals surface area (Å²) in [6.45, 7) is 1.64. The largest absolute Gasteiger partial charge is 0.508 e. The molecule has 0 aromatic heterocycles. The standard InChI is InChI=1S/C15H14O4/c1-11(18-14-5-3-2-4-6-14)19-15(17)12-7-9-13(16)10-8-12/h2-11,16H,1H3. The summed E-state index contributed by atoms with van der Waals surface area (Å²) >= 11 is 0. The van der Waals surface area contributed by atoms with Crippen molar-refractivity contribution in [2.24, 2.45) is 0 Å². The first-order chi connectivity index (χ1) is 9.15. The molecule has 19 heavy (non-hydrogen) atoms. The molecule has 0 bridgehead atoms. The van der Waals surface area contributed by atoms with E-state index in [9.17, 15) is 4.79 Å². The molecular weight excluding hydrogens is 244 g/mol. The van der Waals surface area contributed by atoms with Crippen LogP contribution in [0.15, 0.2) is 54.6 Å². The van der Waals surface area contributed by atoms with Crippen LogP contribution in [0.25, 0.3) is 0 Å². The van der Waals surface area contributed by atoms with Crippen LogP contribution in [0.3, 0.4) is 0 Å². The van der Waals surface area contributed by atoms with Crippen LogP contribution in [0.2, 0.25) is 0 Å². The summed E-state index contributed by atoms with van der Waals surface area (Å²) < 4.78 is 10.6. The number of esters is 1. The molecule has 0 fully saturated rings. The zero-order valence-electron chi connectivity index (χ0n) is 10.4. The first kappa shape index (κ1) is 13.0. The molecule has 2 rings (SSSR count). The summed E-state index contributed by atoms with van der Waals surface area (Å²) in [7, 11) is 0. The number of benzene rings is 2. The number of carbonyl (C=O) groups excluding carboxylic acids is 1. The molecule has 0 radical (unpaired) electrons. The molecule has 2 aromatic carbocycles. The molecule has 98 valence electrons. The predicted octanol–water partition coefficient (Wildman–Crippen LogP) is 2.97. The topological polar surface area (TPSA) is 55.8 Å². The minimum absolute atomic E-state index is 0.102. The van der Waals surface area contributed by atoms with Crippen molar-refractivity contribution in [3.05, 3.63) is 60.2 Å². The number of phenols is 1. The summed E-state index contributed by atoms with van der Waals surface area (Å²) in [4.78, 5) is 11.8. The lowest BCUT2D eigenvalue weighted by Gasteiger charge is -2.15. The van der Waals surface area contributed by atoms with E-state index in [2.05, 4.69) is 0 Å². The van der Waals surface area contributed by atoms with E-state index in [4.69, 9.17) is 14.6 Å². The SMILES string of the molecule is CC(OC(=O)c1ccc(O)cc1)Oc1ccccc1. The third kappa shape index (κ3) is 3.74. The molecule has 4 heteroatoms. The van der Waals surface area contributed by atoms with Crippen molar-refractivity contribution in [1.82, 2.24) is 0 Å². The van der Waals surface area contributed by atoms with Gasteiger partial charge in [-0.1, -0.05) is 18.2 Å². The molecular formula is C15H14O4. The maximum atomic E-state index is 11.8. The molecule has 0 saturated carbocycles. The third-order valence-electron chi connectivity index (χ3n) is 2.42. The summed E-state index contributed by atoms with van der Waals surface area (Å²) in [5.41, 5.74) is 0.362. The van der Waals surface area contributed by atoms with Gasteiger partial charge in [0.2, 0.25) is 6.29 Å². The average molecular weight is 258 g/mol. The van der Waals surface area contributed by atoms with Crippen LogP contribution in [-0.4, -0.2) is 17.4 Å². The molecule has 0 amide bonds. The molecule has 0 spiro atoms. The van der Waals surface area contributed by atoms with Crippen LogP contribution in [0.5, 0.6) is 11.5 Å². The normalized spacial score (nSPS) is 11.6. The van der Waals surface area contributed by atoms with Crippen LogP contribution in [0, 0.1) is 0 Å². The van der Waals surface area contributed by atoms with Crippen molar-refractivity contribution < 1.29 is 19.4 Å². The van der Waals surface area contributed by atoms with Gasteiger partial charge in [0.05, 0.1) is 5.56 Å². The Balaban J connectivity index is 1.93. The predicted molar refractivity (Wildman–Crippen MR) is 70.1 cm³/mol. The van der Waals surface area contributed by atoms with E-state index in [1.165, 1.54) is 24.3 Å². The minimum atomic E-state index is -0.691. The van der Waals surface area contributed by atoms with Gasteiger partial charge < -0.3 is 14.6 Å². The number of para-hydroxylation sites is 1. The number of rotatable bonds is 4. The number of ether oxygens (including phenoxy) is 2. The fourth-order valence-electron chi connectivity index (χ4n) is 1.53. The molecule has 0 aliphatic carbocycles. The van der Waals surface area contributed by atoms with Crippen molar-refractivity contribution in [2.45, 2.75) is 13.2 Å². The van der Waals surface area contributed by atoms with Crippen LogP contribution in [-0.2, 0) is 4.74 Å². The fraction of sp³-hybridized carbons (Fsp3) is 0.133. The molecule has 1 unspecified atom stereocenters. The first-order valence-electron chi connectivity index (χ1n) is 5.87. The highest BCUT2D eigenvalue weighted by molar-refractivity contribution is 5.89. The molecule has 4 nitrogen and oxygen atoms in total. The maximum Gasteiger partial charge on any atom is 0.341 e. The van der Waals surface area contributed by atoms with Gasteiger partial charge in [0.15, 0.2) is 0 Å². The smallest absolute Gasteiger partial charge is 0.341 e. The lowest BCUT2D eigenvalue weighted by Crippen LogP contribution is -2.20. The van der Waals surface area contributed by atoms with Gasteiger partial charge in [-0.05, 0) is 36.4 Å². The van der Waals surface area contributed by atoms with Gasteiger partial charge in [0, 0.05) is 6.92 Å². The number of phenolic OH excluding ortho intramolecular Hbond substituents is 1. The molecule has 0 saturated heterocycles. The van der Waals surface area contributed by atoms with Crippen LogP contribution >= 0.6 is 0 Å².